The summed E-state index contributed by atoms with van der Waals surface area (Å²) in [5, 5.41) is 0.430. The predicted octanol–water partition coefficient (Wildman–Crippen LogP) is 4.15. The average molecular weight is 415 g/mol. The first-order valence-corrected chi connectivity index (χ1v) is 11.0. The first-order chi connectivity index (χ1) is 14.0. The van der Waals surface area contributed by atoms with Crippen molar-refractivity contribution in [3.05, 3.63) is 47.4 Å². The van der Waals surface area contributed by atoms with Gasteiger partial charge in [-0.1, -0.05) is 17.7 Å². The van der Waals surface area contributed by atoms with Gasteiger partial charge in [-0.15, -0.1) is 0 Å². The molecule has 3 fully saturated rings. The molecule has 1 aliphatic carbocycles. The number of hydrogen-bond acceptors (Lipinski definition) is 4. The van der Waals surface area contributed by atoms with E-state index < -0.39 is 0 Å². The fraction of sp³-hybridized carbons (Fsp3) is 0.522. The molecule has 0 N–H and O–H groups in total. The van der Waals surface area contributed by atoms with Crippen LogP contribution in [-0.4, -0.2) is 67.1 Å². The number of anilines is 1. The van der Waals surface area contributed by atoms with Crippen molar-refractivity contribution in [2.45, 2.75) is 25.3 Å². The maximum Gasteiger partial charge on any atom is 0.136 e. The Morgan fingerprint density at radius 2 is 1.90 bits per heavy atom. The maximum atomic E-state index is 14.5. The maximum absolute atomic E-state index is 14.5. The SMILES string of the molecule is CN1CC2(CCC(N3CCN(c4ncccc4-c4c(F)cccc4Cl)CC3)C2)C1. The summed E-state index contributed by atoms with van der Waals surface area (Å²) in [6.45, 7) is 6.45. The number of halogens is 2. The van der Waals surface area contributed by atoms with Gasteiger partial charge in [-0.2, -0.15) is 0 Å². The third-order valence-electron chi connectivity index (χ3n) is 7.04. The van der Waals surface area contributed by atoms with Crippen LogP contribution in [0.2, 0.25) is 5.02 Å². The second-order valence-electron chi connectivity index (χ2n) is 9.06. The summed E-state index contributed by atoms with van der Waals surface area (Å²) in [4.78, 5) is 12.0. The highest BCUT2D eigenvalue weighted by Crippen LogP contribution is 2.46. The van der Waals surface area contributed by atoms with Gasteiger partial charge in [-0.3, -0.25) is 4.90 Å². The summed E-state index contributed by atoms with van der Waals surface area (Å²) in [6.07, 6.45) is 5.83. The molecule has 2 saturated heterocycles. The molecule has 4 nitrogen and oxygen atoms in total. The number of hydrogen-bond donors (Lipinski definition) is 0. The van der Waals surface area contributed by atoms with Crippen LogP contribution in [0, 0.1) is 11.2 Å². The zero-order valence-corrected chi connectivity index (χ0v) is 17.7. The number of nitrogens with zero attached hydrogens (tertiary/aromatic N) is 4. The van der Waals surface area contributed by atoms with Crippen LogP contribution in [0.5, 0.6) is 0 Å². The van der Waals surface area contributed by atoms with Crippen LogP contribution in [-0.2, 0) is 0 Å². The van der Waals surface area contributed by atoms with Crippen LogP contribution in [0.3, 0.4) is 0 Å². The van der Waals surface area contributed by atoms with E-state index in [4.69, 9.17) is 11.6 Å². The van der Waals surface area contributed by atoms with Gasteiger partial charge in [0, 0.05) is 62.6 Å². The average Bonchev–Trinajstić information content (AvgIpc) is 3.14. The first-order valence-electron chi connectivity index (χ1n) is 10.6. The van der Waals surface area contributed by atoms with E-state index in [0.717, 1.165) is 43.6 Å². The number of likely N-dealkylation sites (tertiary alicyclic amines) is 1. The van der Waals surface area contributed by atoms with Gasteiger partial charge in [-0.05, 0) is 56.0 Å². The van der Waals surface area contributed by atoms with Gasteiger partial charge in [0.05, 0.1) is 5.02 Å². The van der Waals surface area contributed by atoms with E-state index in [9.17, 15) is 4.39 Å². The van der Waals surface area contributed by atoms with Crippen LogP contribution in [0.1, 0.15) is 19.3 Å². The van der Waals surface area contributed by atoms with Gasteiger partial charge in [0.1, 0.15) is 11.6 Å². The minimum Gasteiger partial charge on any atom is -0.354 e. The number of rotatable bonds is 3. The molecule has 0 radical (unpaired) electrons. The Hall–Kier alpha value is -1.69. The molecular weight excluding hydrogens is 387 g/mol. The van der Waals surface area contributed by atoms with Crippen LogP contribution in [0.25, 0.3) is 11.1 Å². The number of aromatic nitrogens is 1. The quantitative estimate of drug-likeness (QED) is 0.752. The molecule has 2 aromatic rings. The van der Waals surface area contributed by atoms with E-state index in [1.807, 2.05) is 12.1 Å². The van der Waals surface area contributed by atoms with E-state index in [1.165, 1.54) is 38.4 Å². The minimum absolute atomic E-state index is 0.299. The summed E-state index contributed by atoms with van der Waals surface area (Å²) in [7, 11) is 2.23. The monoisotopic (exact) mass is 414 g/mol. The van der Waals surface area contributed by atoms with Gasteiger partial charge < -0.3 is 9.80 Å². The van der Waals surface area contributed by atoms with Crippen LogP contribution in [0.4, 0.5) is 10.2 Å². The Morgan fingerprint density at radius 3 is 2.62 bits per heavy atom. The van der Waals surface area contributed by atoms with Crippen molar-refractivity contribution >= 4 is 17.4 Å². The number of benzene rings is 1. The standard InChI is InChI=1S/C23H28ClFN4/c1-27-15-23(16-27)8-7-17(14-23)28-10-12-29(13-11-28)22-18(4-3-9-26-22)21-19(24)5-2-6-20(21)25/h2-6,9,17H,7-8,10-16H2,1H3. The second kappa shape index (κ2) is 7.53. The zero-order valence-electron chi connectivity index (χ0n) is 17.0. The molecule has 0 bridgehead atoms. The first kappa shape index (κ1) is 19.3. The third-order valence-corrected chi connectivity index (χ3v) is 7.35. The van der Waals surface area contributed by atoms with Crippen molar-refractivity contribution in [3.8, 4) is 11.1 Å². The highest BCUT2D eigenvalue weighted by molar-refractivity contribution is 6.33. The molecule has 1 atom stereocenters. The van der Waals surface area contributed by atoms with Crippen LogP contribution < -0.4 is 4.90 Å². The van der Waals surface area contributed by atoms with E-state index in [0.29, 0.717) is 16.0 Å². The molecule has 0 amide bonds. The summed E-state index contributed by atoms with van der Waals surface area (Å²) in [5.74, 6) is 0.537. The molecule has 1 aromatic carbocycles. The molecule has 3 aliphatic rings. The molecule has 1 saturated carbocycles. The molecule has 1 unspecified atom stereocenters. The largest absolute Gasteiger partial charge is 0.354 e. The van der Waals surface area contributed by atoms with Gasteiger partial charge in [-0.25, -0.2) is 9.37 Å². The van der Waals surface area contributed by atoms with E-state index >= 15 is 0 Å². The smallest absolute Gasteiger partial charge is 0.136 e. The van der Waals surface area contributed by atoms with E-state index in [1.54, 1.807) is 18.3 Å². The Morgan fingerprint density at radius 1 is 1.10 bits per heavy atom. The molecule has 2 aliphatic heterocycles. The fourth-order valence-electron chi connectivity index (χ4n) is 5.77. The van der Waals surface area contributed by atoms with Crippen LogP contribution >= 0.6 is 11.6 Å². The summed E-state index contributed by atoms with van der Waals surface area (Å²) in [5.41, 5.74) is 1.82. The minimum atomic E-state index is -0.299. The Bertz CT molecular complexity index is 870. The molecule has 29 heavy (non-hydrogen) atoms. The van der Waals surface area contributed by atoms with Gasteiger partial charge in [0.15, 0.2) is 0 Å². The molecule has 1 spiro atoms. The summed E-state index contributed by atoms with van der Waals surface area (Å²) >= 11 is 6.34. The van der Waals surface area contributed by atoms with Crippen molar-refractivity contribution in [1.82, 2.24) is 14.8 Å². The Kier molecular flexibility index (Phi) is 5.01. The lowest BCUT2D eigenvalue weighted by molar-refractivity contribution is 0.0204. The van der Waals surface area contributed by atoms with Crippen molar-refractivity contribution < 1.29 is 4.39 Å². The molecule has 154 valence electrons. The third kappa shape index (κ3) is 3.54. The van der Waals surface area contributed by atoms with Gasteiger partial charge in [0.2, 0.25) is 0 Å². The second-order valence-corrected chi connectivity index (χ2v) is 9.47. The molecular formula is C23H28ClFN4. The summed E-state index contributed by atoms with van der Waals surface area (Å²) in [6, 6.07) is 9.34. The van der Waals surface area contributed by atoms with Crippen LogP contribution in [0.15, 0.2) is 36.5 Å². The summed E-state index contributed by atoms with van der Waals surface area (Å²) < 4.78 is 14.5. The Balaban J connectivity index is 1.30. The highest BCUT2D eigenvalue weighted by Gasteiger charge is 2.48. The molecule has 1 aromatic heterocycles. The zero-order chi connectivity index (χ0) is 20.0. The molecule has 3 heterocycles. The van der Waals surface area contributed by atoms with Gasteiger partial charge in [0.25, 0.3) is 0 Å². The lowest BCUT2D eigenvalue weighted by atomic mass is 9.78. The van der Waals surface area contributed by atoms with Crippen molar-refractivity contribution in [3.63, 3.8) is 0 Å². The fourth-order valence-corrected chi connectivity index (χ4v) is 6.04. The van der Waals surface area contributed by atoms with E-state index in [2.05, 4.69) is 26.7 Å². The lowest BCUT2D eigenvalue weighted by Gasteiger charge is -2.47. The molecule has 6 heteroatoms. The topological polar surface area (TPSA) is 22.6 Å². The van der Waals surface area contributed by atoms with Crippen molar-refractivity contribution in [2.24, 2.45) is 5.41 Å². The Labute approximate surface area is 177 Å². The number of piperazine rings is 1. The van der Waals surface area contributed by atoms with E-state index in [-0.39, 0.29) is 5.82 Å². The normalized spacial score (nSPS) is 24.8. The highest BCUT2D eigenvalue weighted by atomic mass is 35.5. The lowest BCUT2D eigenvalue weighted by Crippen LogP contribution is -2.54. The van der Waals surface area contributed by atoms with Gasteiger partial charge >= 0.3 is 0 Å². The predicted molar refractivity (Wildman–Crippen MR) is 116 cm³/mol. The molecule has 5 rings (SSSR count). The number of pyridine rings is 1. The van der Waals surface area contributed by atoms with Crippen molar-refractivity contribution in [2.75, 3.05) is 51.2 Å². The van der Waals surface area contributed by atoms with Crippen molar-refractivity contribution in [1.29, 1.82) is 0 Å².